The van der Waals surface area contributed by atoms with Crippen LogP contribution in [0.3, 0.4) is 0 Å². The SMILES string of the molecule is CCCN(CCN1CCCC1)C1COCC1C(=O)O. The Morgan fingerprint density at radius 1 is 1.32 bits per heavy atom. The zero-order chi connectivity index (χ0) is 13.7. The summed E-state index contributed by atoms with van der Waals surface area (Å²) in [5, 5.41) is 9.26. The standard InChI is InChI=1S/C14H26N2O3/c1-2-5-16(9-8-15-6-3-4-7-15)13-11-19-10-12(13)14(17)18/h12-13H,2-11H2,1H3,(H,17,18). The van der Waals surface area contributed by atoms with Crippen LogP contribution in [0.2, 0.25) is 0 Å². The molecule has 0 aromatic rings. The van der Waals surface area contributed by atoms with Crippen molar-refractivity contribution in [1.29, 1.82) is 0 Å². The largest absolute Gasteiger partial charge is 0.481 e. The van der Waals surface area contributed by atoms with Crippen LogP contribution in [0, 0.1) is 5.92 Å². The first-order valence-corrected chi connectivity index (χ1v) is 7.49. The summed E-state index contributed by atoms with van der Waals surface area (Å²) in [6.45, 7) is 8.46. The van der Waals surface area contributed by atoms with Gasteiger partial charge in [-0.05, 0) is 38.9 Å². The van der Waals surface area contributed by atoms with Crippen molar-refractivity contribution in [3.63, 3.8) is 0 Å². The number of likely N-dealkylation sites (tertiary alicyclic amines) is 1. The average molecular weight is 270 g/mol. The van der Waals surface area contributed by atoms with E-state index in [2.05, 4.69) is 16.7 Å². The number of rotatable bonds is 7. The molecular formula is C14H26N2O3. The predicted octanol–water partition coefficient (Wildman–Crippen LogP) is 0.894. The first-order valence-electron chi connectivity index (χ1n) is 7.49. The molecule has 0 aromatic carbocycles. The van der Waals surface area contributed by atoms with Gasteiger partial charge in [0.1, 0.15) is 0 Å². The summed E-state index contributed by atoms with van der Waals surface area (Å²) in [6.07, 6.45) is 3.67. The van der Waals surface area contributed by atoms with Crippen LogP contribution in [0.4, 0.5) is 0 Å². The van der Waals surface area contributed by atoms with Crippen LogP contribution in [-0.2, 0) is 9.53 Å². The molecule has 2 unspecified atom stereocenters. The Hall–Kier alpha value is -0.650. The highest BCUT2D eigenvalue weighted by Gasteiger charge is 2.37. The molecule has 0 bridgehead atoms. The summed E-state index contributed by atoms with van der Waals surface area (Å²) >= 11 is 0. The van der Waals surface area contributed by atoms with Crippen LogP contribution in [-0.4, -0.2) is 72.9 Å². The second-order valence-electron chi connectivity index (χ2n) is 5.63. The molecule has 1 N–H and O–H groups in total. The van der Waals surface area contributed by atoms with Gasteiger partial charge in [-0.2, -0.15) is 0 Å². The maximum atomic E-state index is 11.3. The fourth-order valence-electron chi connectivity index (χ4n) is 3.15. The van der Waals surface area contributed by atoms with Crippen molar-refractivity contribution < 1.29 is 14.6 Å². The molecule has 0 saturated carbocycles. The van der Waals surface area contributed by atoms with Gasteiger partial charge >= 0.3 is 5.97 Å². The van der Waals surface area contributed by atoms with Crippen LogP contribution in [0.25, 0.3) is 0 Å². The van der Waals surface area contributed by atoms with Crippen LogP contribution in [0.5, 0.6) is 0 Å². The highest BCUT2D eigenvalue weighted by atomic mass is 16.5. The molecule has 2 rings (SSSR count). The molecule has 2 aliphatic rings. The second kappa shape index (κ2) is 7.22. The topological polar surface area (TPSA) is 53.0 Å². The molecule has 0 spiro atoms. The molecule has 2 fully saturated rings. The van der Waals surface area contributed by atoms with Crippen molar-refractivity contribution in [2.75, 3.05) is 45.9 Å². The third-order valence-electron chi connectivity index (χ3n) is 4.25. The smallest absolute Gasteiger partial charge is 0.310 e. The molecule has 19 heavy (non-hydrogen) atoms. The van der Waals surface area contributed by atoms with Crippen molar-refractivity contribution in [1.82, 2.24) is 9.80 Å². The Morgan fingerprint density at radius 3 is 2.68 bits per heavy atom. The lowest BCUT2D eigenvalue weighted by molar-refractivity contribution is -0.143. The zero-order valence-corrected chi connectivity index (χ0v) is 11.9. The molecule has 2 heterocycles. The van der Waals surface area contributed by atoms with E-state index < -0.39 is 5.97 Å². The van der Waals surface area contributed by atoms with E-state index in [1.165, 1.54) is 25.9 Å². The van der Waals surface area contributed by atoms with Gasteiger partial charge < -0.3 is 14.7 Å². The van der Waals surface area contributed by atoms with Gasteiger partial charge in [-0.1, -0.05) is 6.92 Å². The zero-order valence-electron chi connectivity index (χ0n) is 11.9. The van der Waals surface area contributed by atoms with Crippen LogP contribution in [0.1, 0.15) is 26.2 Å². The molecule has 2 atom stereocenters. The van der Waals surface area contributed by atoms with Crippen molar-refractivity contribution in [2.24, 2.45) is 5.92 Å². The summed E-state index contributed by atoms with van der Waals surface area (Å²) in [5.74, 6) is -1.07. The van der Waals surface area contributed by atoms with Crippen LogP contribution < -0.4 is 0 Å². The summed E-state index contributed by atoms with van der Waals surface area (Å²) in [5.41, 5.74) is 0. The highest BCUT2D eigenvalue weighted by molar-refractivity contribution is 5.71. The number of hydrogen-bond donors (Lipinski definition) is 1. The van der Waals surface area contributed by atoms with Gasteiger partial charge in [0, 0.05) is 19.1 Å². The average Bonchev–Trinajstić information content (AvgIpc) is 3.05. The Bertz CT molecular complexity index is 292. The van der Waals surface area contributed by atoms with Crippen molar-refractivity contribution in [3.05, 3.63) is 0 Å². The predicted molar refractivity (Wildman–Crippen MR) is 73.3 cm³/mol. The van der Waals surface area contributed by atoms with Gasteiger partial charge in [-0.25, -0.2) is 0 Å². The van der Waals surface area contributed by atoms with E-state index in [1.54, 1.807) is 0 Å². The molecule has 5 heteroatoms. The molecule has 110 valence electrons. The summed E-state index contributed by atoms with van der Waals surface area (Å²) in [6, 6.07) is 0.0556. The summed E-state index contributed by atoms with van der Waals surface area (Å²) < 4.78 is 5.39. The number of aliphatic carboxylic acids is 1. The number of carbonyl (C=O) groups is 1. The number of ether oxygens (including phenoxy) is 1. The lowest BCUT2D eigenvalue weighted by atomic mass is 10.0. The fourth-order valence-corrected chi connectivity index (χ4v) is 3.15. The van der Waals surface area contributed by atoms with Gasteiger partial charge in [-0.3, -0.25) is 9.69 Å². The molecule has 0 amide bonds. The van der Waals surface area contributed by atoms with Gasteiger partial charge in [0.25, 0.3) is 0 Å². The van der Waals surface area contributed by atoms with E-state index in [-0.39, 0.29) is 12.0 Å². The van der Waals surface area contributed by atoms with Gasteiger partial charge in [0.05, 0.1) is 19.1 Å². The van der Waals surface area contributed by atoms with E-state index in [9.17, 15) is 9.90 Å². The number of nitrogens with zero attached hydrogens (tertiary/aromatic N) is 2. The summed E-state index contributed by atoms with van der Waals surface area (Å²) in [4.78, 5) is 16.1. The monoisotopic (exact) mass is 270 g/mol. The lowest BCUT2D eigenvalue weighted by Crippen LogP contribution is -2.46. The molecule has 2 saturated heterocycles. The Kier molecular flexibility index (Phi) is 5.60. The second-order valence-corrected chi connectivity index (χ2v) is 5.63. The molecular weight excluding hydrogens is 244 g/mol. The van der Waals surface area contributed by atoms with Crippen molar-refractivity contribution >= 4 is 5.97 Å². The molecule has 0 radical (unpaired) electrons. The Balaban J connectivity index is 1.88. The summed E-state index contributed by atoms with van der Waals surface area (Å²) in [7, 11) is 0. The van der Waals surface area contributed by atoms with E-state index >= 15 is 0 Å². The molecule has 5 nitrogen and oxygen atoms in total. The molecule has 2 aliphatic heterocycles. The maximum absolute atomic E-state index is 11.3. The quantitative estimate of drug-likeness (QED) is 0.745. The maximum Gasteiger partial charge on any atom is 0.310 e. The van der Waals surface area contributed by atoms with Gasteiger partial charge in [0.2, 0.25) is 0 Å². The lowest BCUT2D eigenvalue weighted by Gasteiger charge is -2.31. The minimum Gasteiger partial charge on any atom is -0.481 e. The van der Waals surface area contributed by atoms with Crippen molar-refractivity contribution in [3.8, 4) is 0 Å². The normalized spacial score (nSPS) is 28.3. The van der Waals surface area contributed by atoms with E-state index in [4.69, 9.17) is 4.74 Å². The number of carboxylic acid groups (broad SMARTS) is 1. The molecule has 0 aromatic heterocycles. The minimum absolute atomic E-state index is 0.0556. The van der Waals surface area contributed by atoms with E-state index in [0.29, 0.717) is 13.2 Å². The van der Waals surface area contributed by atoms with Crippen LogP contribution >= 0.6 is 0 Å². The Labute approximate surface area is 115 Å². The van der Waals surface area contributed by atoms with Gasteiger partial charge in [0.15, 0.2) is 0 Å². The number of carboxylic acids is 1. The van der Waals surface area contributed by atoms with E-state index in [0.717, 1.165) is 26.1 Å². The highest BCUT2D eigenvalue weighted by Crippen LogP contribution is 2.20. The molecule has 0 aliphatic carbocycles. The first-order chi connectivity index (χ1) is 9.22. The van der Waals surface area contributed by atoms with Crippen molar-refractivity contribution in [2.45, 2.75) is 32.2 Å². The third-order valence-corrected chi connectivity index (χ3v) is 4.25. The van der Waals surface area contributed by atoms with Gasteiger partial charge in [-0.15, -0.1) is 0 Å². The minimum atomic E-state index is -0.718. The fraction of sp³-hybridized carbons (Fsp3) is 0.929. The number of hydrogen-bond acceptors (Lipinski definition) is 4. The van der Waals surface area contributed by atoms with E-state index in [1.807, 2.05) is 0 Å². The Morgan fingerprint density at radius 2 is 2.05 bits per heavy atom. The third kappa shape index (κ3) is 3.91. The first kappa shape index (κ1) is 14.8. The van der Waals surface area contributed by atoms with Crippen LogP contribution in [0.15, 0.2) is 0 Å².